The molecule has 0 unspecified atom stereocenters. The predicted octanol–water partition coefficient (Wildman–Crippen LogP) is 5.83. The lowest BCUT2D eigenvalue weighted by Crippen LogP contribution is -2.47. The molecule has 5 nitrogen and oxygen atoms in total. The number of amidine groups is 1. The Balaban J connectivity index is 2.15. The van der Waals surface area contributed by atoms with E-state index in [9.17, 15) is 0 Å². The average Bonchev–Trinajstić information content (AvgIpc) is 3.20. The standard InChI is InChI=1S/C26H38N4O/c1-7-10-19(11-8-2)28-25-22-12-9-13-23(22)29-26(30(25)27)24(17(3)4)21-15-14-20(31-6)16-18(21)5/h14-16,19,29H,3,7-13,27H2,1-2,4-6H3/b26-24+,28-25?. The van der Waals surface area contributed by atoms with Crippen molar-refractivity contribution in [1.29, 1.82) is 0 Å². The molecule has 5 heteroatoms. The maximum atomic E-state index is 6.78. The predicted molar refractivity (Wildman–Crippen MR) is 131 cm³/mol. The van der Waals surface area contributed by atoms with Gasteiger partial charge >= 0.3 is 0 Å². The number of ether oxygens (including phenoxy) is 1. The van der Waals surface area contributed by atoms with Crippen LogP contribution in [0.4, 0.5) is 0 Å². The third kappa shape index (κ3) is 4.87. The van der Waals surface area contributed by atoms with E-state index in [4.69, 9.17) is 15.6 Å². The van der Waals surface area contributed by atoms with E-state index in [1.807, 2.05) is 13.0 Å². The van der Waals surface area contributed by atoms with Crippen LogP contribution in [0, 0.1) is 6.92 Å². The number of allylic oxidation sites excluding steroid dienone is 3. The molecule has 2 aliphatic rings. The normalized spacial score (nSPS) is 19.1. The number of benzene rings is 1. The molecule has 1 aliphatic heterocycles. The Kier molecular flexibility index (Phi) is 7.60. The van der Waals surface area contributed by atoms with Crippen molar-refractivity contribution < 1.29 is 4.74 Å². The molecule has 0 aromatic heterocycles. The third-order valence-corrected chi connectivity index (χ3v) is 6.14. The summed E-state index contributed by atoms with van der Waals surface area (Å²) in [6.07, 6.45) is 7.62. The van der Waals surface area contributed by atoms with E-state index in [0.717, 1.165) is 84.6 Å². The number of aryl methyl sites for hydroxylation is 1. The van der Waals surface area contributed by atoms with E-state index in [2.05, 4.69) is 44.8 Å². The van der Waals surface area contributed by atoms with Gasteiger partial charge in [-0.2, -0.15) is 0 Å². The summed E-state index contributed by atoms with van der Waals surface area (Å²) in [6, 6.07) is 6.44. The highest BCUT2D eigenvalue weighted by molar-refractivity contribution is 6.02. The molecule has 0 atom stereocenters. The second-order valence-corrected chi connectivity index (χ2v) is 8.67. The topological polar surface area (TPSA) is 62.9 Å². The average molecular weight is 423 g/mol. The first-order valence-corrected chi connectivity index (χ1v) is 11.6. The first-order valence-electron chi connectivity index (χ1n) is 11.6. The van der Waals surface area contributed by atoms with Gasteiger partial charge in [0.15, 0.2) is 0 Å². The molecule has 31 heavy (non-hydrogen) atoms. The minimum absolute atomic E-state index is 0.306. The fourth-order valence-electron chi connectivity index (χ4n) is 4.62. The number of methoxy groups -OCH3 is 1. The highest BCUT2D eigenvalue weighted by Gasteiger charge is 2.32. The largest absolute Gasteiger partial charge is 0.497 e. The molecule has 168 valence electrons. The van der Waals surface area contributed by atoms with E-state index in [1.54, 1.807) is 12.1 Å². The highest BCUT2D eigenvalue weighted by Crippen LogP contribution is 2.37. The van der Waals surface area contributed by atoms with E-state index in [0.29, 0.717) is 6.04 Å². The van der Waals surface area contributed by atoms with Gasteiger partial charge in [-0.25, -0.2) is 10.9 Å². The first-order chi connectivity index (χ1) is 14.9. The maximum absolute atomic E-state index is 6.78. The third-order valence-electron chi connectivity index (χ3n) is 6.14. The van der Waals surface area contributed by atoms with Crippen LogP contribution < -0.4 is 15.9 Å². The summed E-state index contributed by atoms with van der Waals surface area (Å²) in [5.41, 5.74) is 6.75. The second kappa shape index (κ2) is 10.2. The van der Waals surface area contributed by atoms with Gasteiger partial charge in [-0.05, 0) is 74.8 Å². The van der Waals surface area contributed by atoms with E-state index in [1.165, 1.54) is 11.3 Å². The van der Waals surface area contributed by atoms with E-state index >= 15 is 0 Å². The van der Waals surface area contributed by atoms with Gasteiger partial charge in [0.25, 0.3) is 0 Å². The van der Waals surface area contributed by atoms with Crippen LogP contribution in [-0.4, -0.2) is 24.0 Å². The van der Waals surface area contributed by atoms with Crippen LogP contribution in [0.25, 0.3) is 5.57 Å². The lowest BCUT2D eigenvalue weighted by Gasteiger charge is -2.34. The fourth-order valence-corrected chi connectivity index (χ4v) is 4.62. The molecule has 0 fully saturated rings. The van der Waals surface area contributed by atoms with E-state index < -0.39 is 0 Å². The maximum Gasteiger partial charge on any atom is 0.149 e. The van der Waals surface area contributed by atoms with Crippen LogP contribution >= 0.6 is 0 Å². The zero-order chi connectivity index (χ0) is 22.5. The number of hydrogen-bond acceptors (Lipinski definition) is 4. The van der Waals surface area contributed by atoms with Crippen LogP contribution in [0.2, 0.25) is 0 Å². The molecular formula is C26H38N4O. The van der Waals surface area contributed by atoms with Crippen molar-refractivity contribution >= 4 is 11.4 Å². The summed E-state index contributed by atoms with van der Waals surface area (Å²) < 4.78 is 5.40. The van der Waals surface area contributed by atoms with Gasteiger partial charge in [-0.3, -0.25) is 4.99 Å². The molecule has 1 aromatic rings. The minimum atomic E-state index is 0.306. The molecule has 0 amide bonds. The van der Waals surface area contributed by atoms with Gasteiger partial charge in [0.05, 0.1) is 13.2 Å². The number of nitrogens with two attached hydrogens (primary N) is 1. The Morgan fingerprint density at radius 1 is 1.26 bits per heavy atom. The first kappa shape index (κ1) is 23.1. The summed E-state index contributed by atoms with van der Waals surface area (Å²) >= 11 is 0. The summed E-state index contributed by atoms with van der Waals surface area (Å²) in [5.74, 6) is 9.43. The lowest BCUT2D eigenvalue weighted by molar-refractivity contribution is 0.414. The summed E-state index contributed by atoms with van der Waals surface area (Å²) in [6.45, 7) is 12.9. The van der Waals surface area contributed by atoms with Crippen molar-refractivity contribution in [2.24, 2.45) is 10.8 Å². The van der Waals surface area contributed by atoms with Crippen molar-refractivity contribution in [2.75, 3.05) is 7.11 Å². The van der Waals surface area contributed by atoms with Crippen molar-refractivity contribution in [3.63, 3.8) is 0 Å². The zero-order valence-corrected chi connectivity index (χ0v) is 19.8. The van der Waals surface area contributed by atoms with Crippen molar-refractivity contribution in [3.05, 3.63) is 58.6 Å². The number of rotatable bonds is 8. The molecule has 0 saturated heterocycles. The van der Waals surface area contributed by atoms with Crippen LogP contribution in [0.3, 0.4) is 0 Å². The van der Waals surface area contributed by atoms with Crippen LogP contribution in [0.15, 0.2) is 52.4 Å². The Morgan fingerprint density at radius 2 is 1.97 bits per heavy atom. The Bertz CT molecular complexity index is 919. The molecule has 0 saturated carbocycles. The van der Waals surface area contributed by atoms with Gasteiger partial charge in [0.1, 0.15) is 17.4 Å². The number of nitrogens with zero attached hydrogens (tertiary/aromatic N) is 2. The lowest BCUT2D eigenvalue weighted by atomic mass is 9.94. The molecule has 0 bridgehead atoms. The number of hydrogen-bond donors (Lipinski definition) is 2. The summed E-state index contributed by atoms with van der Waals surface area (Å²) in [4.78, 5) is 5.21. The highest BCUT2D eigenvalue weighted by atomic mass is 16.5. The van der Waals surface area contributed by atoms with Gasteiger partial charge < -0.3 is 10.1 Å². The number of nitrogens with one attached hydrogen (secondary N) is 1. The zero-order valence-electron chi connectivity index (χ0n) is 19.8. The van der Waals surface area contributed by atoms with E-state index in [-0.39, 0.29) is 0 Å². The smallest absolute Gasteiger partial charge is 0.149 e. The van der Waals surface area contributed by atoms with Crippen LogP contribution in [-0.2, 0) is 0 Å². The molecule has 3 N–H and O–H groups in total. The minimum Gasteiger partial charge on any atom is -0.497 e. The summed E-state index contributed by atoms with van der Waals surface area (Å²) in [5, 5.41) is 5.43. The molecule has 3 rings (SSSR count). The monoisotopic (exact) mass is 422 g/mol. The van der Waals surface area contributed by atoms with Crippen LogP contribution in [0.5, 0.6) is 5.75 Å². The quantitative estimate of drug-likeness (QED) is 0.517. The summed E-state index contributed by atoms with van der Waals surface area (Å²) in [7, 11) is 1.69. The van der Waals surface area contributed by atoms with Crippen molar-refractivity contribution in [3.8, 4) is 5.75 Å². The number of hydrazine groups is 1. The molecule has 1 heterocycles. The molecule has 0 spiro atoms. The molecular weight excluding hydrogens is 384 g/mol. The van der Waals surface area contributed by atoms with Crippen LogP contribution in [0.1, 0.15) is 76.8 Å². The van der Waals surface area contributed by atoms with Gasteiger partial charge in [0.2, 0.25) is 0 Å². The fraction of sp³-hybridized carbons (Fsp3) is 0.500. The second-order valence-electron chi connectivity index (χ2n) is 8.67. The Morgan fingerprint density at radius 3 is 2.55 bits per heavy atom. The molecule has 0 radical (unpaired) electrons. The van der Waals surface area contributed by atoms with Crippen molar-refractivity contribution in [2.45, 2.75) is 78.7 Å². The Hall–Kier alpha value is -2.53. The number of aliphatic imine (C=N–C) groups is 1. The van der Waals surface area contributed by atoms with Gasteiger partial charge in [0, 0.05) is 16.8 Å². The molecule has 1 aliphatic carbocycles. The van der Waals surface area contributed by atoms with Gasteiger partial charge in [-0.15, -0.1) is 0 Å². The van der Waals surface area contributed by atoms with Crippen molar-refractivity contribution in [1.82, 2.24) is 10.3 Å². The van der Waals surface area contributed by atoms with Gasteiger partial charge in [-0.1, -0.05) is 39.3 Å². The SMILES string of the molecule is C=C(C)/C(=C1/NC2=C(CCC2)C(=NC(CCC)CCC)N1N)c1ccc(OC)cc1C. The Labute approximate surface area is 187 Å². The molecule has 1 aromatic carbocycles.